The standard InChI is InChI=1S/C5H7IO2S/c1-7-4-3-9-6-5(4)8-2/h3H,1-2H3. The van der Waals surface area contributed by atoms with Crippen LogP contribution in [0.1, 0.15) is 0 Å². The van der Waals surface area contributed by atoms with E-state index in [2.05, 4.69) is 0 Å². The molecule has 4 heteroatoms. The van der Waals surface area contributed by atoms with Gasteiger partial charge in [0.05, 0.1) is 7.11 Å². The predicted octanol–water partition coefficient (Wildman–Crippen LogP) is 1.88. The van der Waals surface area contributed by atoms with Crippen LogP contribution in [0.2, 0.25) is 0 Å². The van der Waals surface area contributed by atoms with E-state index in [0.29, 0.717) is 0 Å². The molecule has 1 aliphatic rings. The van der Waals surface area contributed by atoms with E-state index in [1.807, 2.05) is 5.41 Å². The highest BCUT2D eigenvalue weighted by Gasteiger charge is 2.09. The summed E-state index contributed by atoms with van der Waals surface area (Å²) in [5.41, 5.74) is 0. The van der Waals surface area contributed by atoms with E-state index in [0.717, 1.165) is 9.45 Å². The van der Waals surface area contributed by atoms with E-state index in [-0.39, 0.29) is 19.3 Å². The van der Waals surface area contributed by atoms with Crippen LogP contribution in [-0.2, 0) is 9.47 Å². The molecular formula is C5H7IO2S. The van der Waals surface area contributed by atoms with Crippen LogP contribution in [-0.4, -0.2) is 17.9 Å². The summed E-state index contributed by atoms with van der Waals surface area (Å²) < 4.78 is 11.1. The SMILES string of the molecule is COC1=CSI=C1OC. The quantitative estimate of drug-likeness (QED) is 0.704. The Morgan fingerprint density at radius 3 is 2.67 bits per heavy atom. The molecule has 9 heavy (non-hydrogen) atoms. The van der Waals surface area contributed by atoms with Crippen LogP contribution in [0.3, 0.4) is 0 Å². The third-order valence-electron chi connectivity index (χ3n) is 0.859. The summed E-state index contributed by atoms with van der Waals surface area (Å²) in [6, 6.07) is 0. The van der Waals surface area contributed by atoms with Crippen molar-refractivity contribution in [1.82, 2.24) is 0 Å². The van der Waals surface area contributed by atoms with Crippen molar-refractivity contribution in [2.24, 2.45) is 0 Å². The zero-order valence-corrected chi connectivity index (χ0v) is 8.15. The van der Waals surface area contributed by atoms with Gasteiger partial charge in [0.15, 0.2) is 9.45 Å². The van der Waals surface area contributed by atoms with Gasteiger partial charge in [0.25, 0.3) is 0 Å². The molecule has 52 valence electrons. The first-order chi connectivity index (χ1) is 4.38. The molecule has 0 N–H and O–H groups in total. The summed E-state index contributed by atoms with van der Waals surface area (Å²) in [4.78, 5) is 0. The maximum absolute atomic E-state index is 5.07. The Balaban J connectivity index is 2.62. The summed E-state index contributed by atoms with van der Waals surface area (Å²) in [6.07, 6.45) is 0. The maximum atomic E-state index is 5.07. The second-order valence-electron chi connectivity index (χ2n) is 1.33. The molecule has 2 nitrogen and oxygen atoms in total. The van der Waals surface area contributed by atoms with E-state index < -0.39 is 0 Å². The van der Waals surface area contributed by atoms with Crippen molar-refractivity contribution in [3.8, 4) is 0 Å². The number of hydrogen-bond donors (Lipinski definition) is 0. The van der Waals surface area contributed by atoms with Crippen LogP contribution in [0.15, 0.2) is 11.2 Å². The minimum absolute atomic E-state index is 0.0232. The van der Waals surface area contributed by atoms with Crippen LogP contribution in [0.25, 0.3) is 0 Å². The number of hydrogen-bond acceptors (Lipinski definition) is 3. The van der Waals surface area contributed by atoms with Crippen molar-refractivity contribution < 1.29 is 9.47 Å². The number of methoxy groups -OCH3 is 2. The molecule has 0 amide bonds. The van der Waals surface area contributed by atoms with Gasteiger partial charge in [-0.05, 0) is 19.3 Å². The lowest BCUT2D eigenvalue weighted by molar-refractivity contribution is 0.292. The summed E-state index contributed by atoms with van der Waals surface area (Å²) in [7, 11) is 5.16. The van der Waals surface area contributed by atoms with Crippen LogP contribution in [0, 0.1) is 0 Å². The average molecular weight is 258 g/mol. The van der Waals surface area contributed by atoms with E-state index in [1.54, 1.807) is 23.2 Å². The fraction of sp³-hybridized carbons (Fsp3) is 0.400. The van der Waals surface area contributed by atoms with Gasteiger partial charge in [-0.1, -0.05) is 8.93 Å². The van der Waals surface area contributed by atoms with Gasteiger partial charge < -0.3 is 9.47 Å². The third-order valence-corrected chi connectivity index (χ3v) is 5.09. The lowest BCUT2D eigenvalue weighted by atomic mass is 10.6. The van der Waals surface area contributed by atoms with Crippen LogP contribution in [0.4, 0.5) is 0 Å². The monoisotopic (exact) mass is 258 g/mol. The molecule has 0 bridgehead atoms. The zero-order chi connectivity index (χ0) is 6.69. The number of rotatable bonds is 2. The van der Waals surface area contributed by atoms with Crippen molar-refractivity contribution in [3.05, 3.63) is 11.2 Å². The number of halogens is 1. The highest BCUT2D eigenvalue weighted by molar-refractivity contribution is 14.2. The molecule has 0 aromatic heterocycles. The van der Waals surface area contributed by atoms with Gasteiger partial charge in [0.2, 0.25) is 0 Å². The molecule has 0 aliphatic carbocycles. The molecule has 0 aromatic carbocycles. The minimum atomic E-state index is 0.0232. The molecule has 0 saturated heterocycles. The molecule has 0 saturated carbocycles. The average Bonchev–Trinajstić information content (AvgIpc) is 2.33. The molecule has 1 heterocycles. The van der Waals surface area contributed by atoms with Gasteiger partial charge in [-0.25, -0.2) is 0 Å². The van der Waals surface area contributed by atoms with Crippen molar-refractivity contribution in [1.29, 1.82) is 0 Å². The van der Waals surface area contributed by atoms with Gasteiger partial charge in [0.1, 0.15) is 0 Å². The van der Waals surface area contributed by atoms with E-state index >= 15 is 0 Å². The zero-order valence-electron chi connectivity index (χ0n) is 5.18. The number of ether oxygens (including phenoxy) is 2. The van der Waals surface area contributed by atoms with Crippen molar-refractivity contribution in [2.75, 3.05) is 14.2 Å². The lowest BCUT2D eigenvalue weighted by Gasteiger charge is -2.00. The Hall–Kier alpha value is 0.450. The molecule has 0 spiro atoms. The molecule has 0 aromatic rings. The van der Waals surface area contributed by atoms with E-state index in [4.69, 9.17) is 9.47 Å². The Bertz CT molecular complexity index is 146. The molecule has 1 aliphatic heterocycles. The van der Waals surface area contributed by atoms with Gasteiger partial charge in [-0.3, -0.25) is 0 Å². The van der Waals surface area contributed by atoms with Gasteiger partial charge in [0, 0.05) is 12.5 Å². The summed E-state index contributed by atoms with van der Waals surface area (Å²) >= 11 is 0.0232. The molecule has 0 radical (unpaired) electrons. The highest BCUT2D eigenvalue weighted by atomic mass is 127. The highest BCUT2D eigenvalue weighted by Crippen LogP contribution is 2.34. The van der Waals surface area contributed by atoms with Crippen molar-refractivity contribution in [3.63, 3.8) is 0 Å². The predicted molar refractivity (Wildman–Crippen MR) is 48.7 cm³/mol. The first kappa shape index (κ1) is 7.56. The normalized spacial score (nSPS) is 18.0. The summed E-state index contributed by atoms with van der Waals surface area (Å²) in [5.74, 6) is 0.912. The second kappa shape index (κ2) is 3.58. The van der Waals surface area contributed by atoms with Gasteiger partial charge in [-0.2, -0.15) is 0 Å². The first-order valence-electron chi connectivity index (χ1n) is 2.34. The minimum Gasteiger partial charge on any atom is -0.493 e. The Morgan fingerprint density at radius 2 is 2.22 bits per heavy atom. The first-order valence-corrected chi connectivity index (χ1v) is 6.84. The van der Waals surface area contributed by atoms with Crippen molar-refractivity contribution in [2.45, 2.75) is 0 Å². The summed E-state index contributed by atoms with van der Waals surface area (Å²) in [5, 5.41) is 2.01. The molecular weight excluding hydrogens is 251 g/mol. The maximum Gasteiger partial charge on any atom is 0.162 e. The Labute approximate surface area is 66.8 Å². The molecule has 1 rings (SSSR count). The second-order valence-corrected chi connectivity index (χ2v) is 5.73. The molecule has 0 unspecified atom stereocenters. The Kier molecular flexibility index (Phi) is 3.00. The van der Waals surface area contributed by atoms with Gasteiger partial charge in [-0.15, -0.1) is 0 Å². The van der Waals surface area contributed by atoms with Gasteiger partial charge >= 0.3 is 0 Å². The van der Waals surface area contributed by atoms with E-state index in [1.165, 1.54) is 0 Å². The van der Waals surface area contributed by atoms with Crippen LogP contribution < -0.4 is 0 Å². The smallest absolute Gasteiger partial charge is 0.162 e. The Morgan fingerprint density at radius 1 is 1.44 bits per heavy atom. The summed E-state index contributed by atoms with van der Waals surface area (Å²) in [6.45, 7) is 0. The van der Waals surface area contributed by atoms with Crippen LogP contribution in [0.5, 0.6) is 0 Å². The molecule has 0 fully saturated rings. The fourth-order valence-electron chi connectivity index (χ4n) is 0.448. The van der Waals surface area contributed by atoms with E-state index in [9.17, 15) is 0 Å². The van der Waals surface area contributed by atoms with Crippen LogP contribution >= 0.6 is 28.3 Å². The lowest BCUT2D eigenvalue weighted by Crippen LogP contribution is -2.00. The third kappa shape index (κ3) is 1.68. The topological polar surface area (TPSA) is 18.5 Å². The largest absolute Gasteiger partial charge is 0.493 e. The fourth-order valence-corrected chi connectivity index (χ4v) is 4.54. The van der Waals surface area contributed by atoms with Crippen molar-refractivity contribution >= 4 is 32.0 Å². The molecule has 0 atom stereocenters.